The molecule has 96 valence electrons. The Morgan fingerprint density at radius 2 is 2.17 bits per heavy atom. The Morgan fingerprint density at radius 1 is 1.44 bits per heavy atom. The van der Waals surface area contributed by atoms with Crippen molar-refractivity contribution >= 4 is 11.5 Å². The number of anilines is 1. The molecule has 0 fully saturated rings. The van der Waals surface area contributed by atoms with Gasteiger partial charge in [0.25, 0.3) is 0 Å². The lowest BCUT2D eigenvalue weighted by Crippen LogP contribution is -2.19. The highest BCUT2D eigenvalue weighted by molar-refractivity contribution is 5.99. The number of hydrogen-bond acceptors (Lipinski definition) is 3. The lowest BCUT2D eigenvalue weighted by Gasteiger charge is -2.19. The van der Waals surface area contributed by atoms with Crippen molar-refractivity contribution in [3.05, 3.63) is 29.3 Å². The van der Waals surface area contributed by atoms with Gasteiger partial charge in [-0.25, -0.2) is 0 Å². The van der Waals surface area contributed by atoms with Gasteiger partial charge < -0.3 is 5.32 Å². The third-order valence-corrected chi connectivity index (χ3v) is 3.02. The van der Waals surface area contributed by atoms with Gasteiger partial charge in [-0.05, 0) is 38.0 Å². The molecular weight excluding hydrogens is 224 g/mol. The number of rotatable bonds is 6. The minimum absolute atomic E-state index is 0.0216. The van der Waals surface area contributed by atoms with Crippen LogP contribution in [-0.4, -0.2) is 11.8 Å². The van der Waals surface area contributed by atoms with Gasteiger partial charge in [-0.3, -0.25) is 4.79 Å². The van der Waals surface area contributed by atoms with Gasteiger partial charge in [-0.15, -0.1) is 0 Å². The van der Waals surface area contributed by atoms with Crippen molar-refractivity contribution in [3.63, 3.8) is 0 Å². The molecule has 0 aromatic heterocycles. The first-order valence-electron chi connectivity index (χ1n) is 6.44. The highest BCUT2D eigenvalue weighted by atomic mass is 16.1. The average Bonchev–Trinajstić information content (AvgIpc) is 2.37. The van der Waals surface area contributed by atoms with Crippen LogP contribution in [0.5, 0.6) is 0 Å². The van der Waals surface area contributed by atoms with E-state index in [4.69, 9.17) is 5.26 Å². The molecule has 0 amide bonds. The van der Waals surface area contributed by atoms with Crippen molar-refractivity contribution in [1.29, 1.82) is 5.26 Å². The number of Topliss-reactive ketones (excluding diaryl/α,β-unsaturated/α-hetero) is 1. The minimum atomic E-state index is 0.0216. The lowest BCUT2D eigenvalue weighted by atomic mass is 10.0. The van der Waals surface area contributed by atoms with E-state index < -0.39 is 0 Å². The first kappa shape index (κ1) is 14.2. The molecule has 1 atom stereocenters. The first-order chi connectivity index (χ1) is 8.62. The summed E-state index contributed by atoms with van der Waals surface area (Å²) >= 11 is 0. The molecule has 18 heavy (non-hydrogen) atoms. The Kier molecular flexibility index (Phi) is 5.38. The molecule has 1 aromatic rings. The quantitative estimate of drug-likeness (QED) is 0.775. The van der Waals surface area contributed by atoms with Crippen molar-refractivity contribution in [2.45, 2.75) is 46.1 Å². The molecule has 0 bridgehead atoms. The maximum absolute atomic E-state index is 11.6. The Balaban J connectivity index is 3.04. The van der Waals surface area contributed by atoms with Gasteiger partial charge >= 0.3 is 0 Å². The Bertz CT molecular complexity index is 460. The van der Waals surface area contributed by atoms with Crippen LogP contribution in [0.15, 0.2) is 18.2 Å². The van der Waals surface area contributed by atoms with Crippen LogP contribution in [0.2, 0.25) is 0 Å². The van der Waals surface area contributed by atoms with E-state index >= 15 is 0 Å². The number of nitrogens with zero attached hydrogens (tertiary/aromatic N) is 1. The van der Waals surface area contributed by atoms with Crippen molar-refractivity contribution in [1.82, 2.24) is 0 Å². The van der Waals surface area contributed by atoms with Gasteiger partial charge in [-0.2, -0.15) is 5.26 Å². The molecule has 3 heteroatoms. The van der Waals surface area contributed by atoms with Gasteiger partial charge in [0.15, 0.2) is 5.78 Å². The van der Waals surface area contributed by atoms with Crippen molar-refractivity contribution in [2.75, 3.05) is 5.32 Å². The van der Waals surface area contributed by atoms with Crippen molar-refractivity contribution in [3.8, 4) is 6.07 Å². The van der Waals surface area contributed by atoms with Crippen LogP contribution in [0.25, 0.3) is 0 Å². The standard InChI is InChI=1S/C15H20N2O/c1-4-6-13(5-2)17-15-9-12(10-16)7-8-14(15)11(3)18/h7-9,13,17H,4-6H2,1-3H3. The van der Waals surface area contributed by atoms with Crippen LogP contribution in [0, 0.1) is 11.3 Å². The van der Waals surface area contributed by atoms with Crippen molar-refractivity contribution in [2.24, 2.45) is 0 Å². The zero-order valence-electron chi connectivity index (χ0n) is 11.3. The van der Waals surface area contributed by atoms with E-state index in [1.54, 1.807) is 25.1 Å². The van der Waals surface area contributed by atoms with Gasteiger partial charge in [0, 0.05) is 17.3 Å². The molecule has 0 saturated carbocycles. The summed E-state index contributed by atoms with van der Waals surface area (Å²) < 4.78 is 0. The molecule has 1 rings (SSSR count). The van der Waals surface area contributed by atoms with E-state index in [0.717, 1.165) is 24.9 Å². The number of hydrogen-bond donors (Lipinski definition) is 1. The molecule has 0 heterocycles. The summed E-state index contributed by atoms with van der Waals surface area (Å²) in [5.74, 6) is 0.0216. The molecule has 0 aliphatic rings. The molecule has 1 aromatic carbocycles. The number of carbonyl (C=O) groups excluding carboxylic acids is 1. The molecular formula is C15H20N2O. The molecule has 0 saturated heterocycles. The number of ketones is 1. The second-order valence-corrected chi connectivity index (χ2v) is 4.47. The van der Waals surface area contributed by atoms with Gasteiger partial charge in [-0.1, -0.05) is 20.3 Å². The smallest absolute Gasteiger partial charge is 0.161 e. The molecule has 1 unspecified atom stereocenters. The topological polar surface area (TPSA) is 52.9 Å². The summed E-state index contributed by atoms with van der Waals surface area (Å²) in [7, 11) is 0. The monoisotopic (exact) mass is 244 g/mol. The largest absolute Gasteiger partial charge is 0.382 e. The second kappa shape index (κ2) is 6.80. The van der Waals surface area contributed by atoms with E-state index in [1.807, 2.05) is 0 Å². The maximum atomic E-state index is 11.6. The maximum Gasteiger partial charge on any atom is 0.161 e. The van der Waals surface area contributed by atoms with Crippen molar-refractivity contribution < 1.29 is 4.79 Å². The van der Waals surface area contributed by atoms with Crippen LogP contribution >= 0.6 is 0 Å². The fourth-order valence-electron chi connectivity index (χ4n) is 1.99. The summed E-state index contributed by atoms with van der Waals surface area (Å²) in [6, 6.07) is 7.62. The number of benzene rings is 1. The normalized spacial score (nSPS) is 11.7. The Morgan fingerprint density at radius 3 is 2.67 bits per heavy atom. The van der Waals surface area contributed by atoms with Gasteiger partial charge in [0.1, 0.15) is 0 Å². The molecule has 1 N–H and O–H groups in total. The average molecular weight is 244 g/mol. The lowest BCUT2D eigenvalue weighted by molar-refractivity contribution is 0.101. The molecule has 0 aliphatic heterocycles. The van der Waals surface area contributed by atoms with Crippen LogP contribution in [0.4, 0.5) is 5.69 Å². The van der Waals surface area contributed by atoms with E-state index in [2.05, 4.69) is 25.2 Å². The van der Waals surface area contributed by atoms with Crippen LogP contribution in [-0.2, 0) is 0 Å². The first-order valence-corrected chi connectivity index (χ1v) is 6.44. The van der Waals surface area contributed by atoms with E-state index in [1.165, 1.54) is 0 Å². The van der Waals surface area contributed by atoms with E-state index in [9.17, 15) is 4.79 Å². The third-order valence-electron chi connectivity index (χ3n) is 3.02. The molecule has 0 radical (unpaired) electrons. The molecule has 3 nitrogen and oxygen atoms in total. The van der Waals surface area contributed by atoms with Crippen LogP contribution < -0.4 is 5.32 Å². The predicted octanol–water partition coefficient (Wildman–Crippen LogP) is 3.75. The second-order valence-electron chi connectivity index (χ2n) is 4.47. The third kappa shape index (κ3) is 3.59. The van der Waals surface area contributed by atoms with Crippen LogP contribution in [0.1, 0.15) is 56.0 Å². The summed E-state index contributed by atoms with van der Waals surface area (Å²) in [4.78, 5) is 11.6. The molecule has 0 aliphatic carbocycles. The van der Waals surface area contributed by atoms with Gasteiger partial charge in [0.2, 0.25) is 0 Å². The Labute approximate surface area is 109 Å². The zero-order valence-corrected chi connectivity index (χ0v) is 11.3. The highest BCUT2D eigenvalue weighted by Crippen LogP contribution is 2.21. The van der Waals surface area contributed by atoms with E-state index in [-0.39, 0.29) is 5.78 Å². The summed E-state index contributed by atoms with van der Waals surface area (Å²) in [6.45, 7) is 5.81. The Hall–Kier alpha value is -1.82. The summed E-state index contributed by atoms with van der Waals surface area (Å²) in [6.07, 6.45) is 3.16. The number of nitriles is 1. The number of carbonyl (C=O) groups is 1. The predicted molar refractivity (Wildman–Crippen MR) is 73.8 cm³/mol. The highest BCUT2D eigenvalue weighted by Gasteiger charge is 2.12. The SMILES string of the molecule is CCCC(CC)Nc1cc(C#N)ccc1C(C)=O. The van der Waals surface area contributed by atoms with Gasteiger partial charge in [0.05, 0.1) is 11.6 Å². The number of nitrogens with one attached hydrogen (secondary N) is 1. The van der Waals surface area contributed by atoms with E-state index in [0.29, 0.717) is 17.2 Å². The summed E-state index contributed by atoms with van der Waals surface area (Å²) in [5, 5.41) is 12.3. The fourth-order valence-corrected chi connectivity index (χ4v) is 1.99. The fraction of sp³-hybridized carbons (Fsp3) is 0.467. The zero-order chi connectivity index (χ0) is 13.5. The van der Waals surface area contributed by atoms with Crippen LogP contribution in [0.3, 0.4) is 0 Å². The summed E-state index contributed by atoms with van der Waals surface area (Å²) in [5.41, 5.74) is 2.01. The minimum Gasteiger partial charge on any atom is -0.382 e. The molecule has 0 spiro atoms.